The minimum Gasteiger partial charge on any atom is -0.496 e. The Morgan fingerprint density at radius 3 is 2.58 bits per heavy atom. The number of aryl methyl sites for hydroxylation is 1. The average Bonchev–Trinajstić information content (AvgIpc) is 2.34. The summed E-state index contributed by atoms with van der Waals surface area (Å²) in [6.07, 6.45) is 2.08. The largest absolute Gasteiger partial charge is 0.496 e. The maximum absolute atomic E-state index is 6.06. The lowest BCUT2D eigenvalue weighted by Crippen LogP contribution is -2.34. The van der Waals surface area contributed by atoms with Crippen molar-refractivity contribution in [1.82, 2.24) is 5.32 Å². The monoisotopic (exact) mass is 283 g/mol. The minimum absolute atomic E-state index is 0.262. The molecule has 0 aliphatic heterocycles. The molecule has 0 fully saturated rings. The van der Waals surface area contributed by atoms with Crippen LogP contribution >= 0.6 is 11.6 Å². The summed E-state index contributed by atoms with van der Waals surface area (Å²) in [5, 5.41) is 4.28. The summed E-state index contributed by atoms with van der Waals surface area (Å²) in [6.45, 7) is 9.96. The van der Waals surface area contributed by atoms with Crippen LogP contribution in [0.1, 0.15) is 39.7 Å². The summed E-state index contributed by atoms with van der Waals surface area (Å²) in [5.74, 6) is 0.928. The third-order valence-electron chi connectivity index (χ3n) is 3.30. The molecule has 0 bridgehead atoms. The number of hydrogen-bond acceptors (Lipinski definition) is 2. The normalized spacial score (nSPS) is 11.9. The summed E-state index contributed by atoms with van der Waals surface area (Å²) in [5.41, 5.74) is 1.45. The molecule has 1 N–H and O–H groups in total. The van der Waals surface area contributed by atoms with Crippen molar-refractivity contribution in [3.05, 3.63) is 28.8 Å². The van der Waals surface area contributed by atoms with Gasteiger partial charge in [-0.3, -0.25) is 0 Å². The van der Waals surface area contributed by atoms with Gasteiger partial charge in [-0.1, -0.05) is 39.3 Å². The Morgan fingerprint density at radius 1 is 1.32 bits per heavy atom. The lowest BCUT2D eigenvalue weighted by Gasteiger charge is -2.26. The van der Waals surface area contributed by atoms with Crippen molar-refractivity contribution in [2.24, 2.45) is 5.41 Å². The second kappa shape index (κ2) is 7.16. The fourth-order valence-corrected chi connectivity index (χ4v) is 2.18. The first kappa shape index (κ1) is 16.3. The van der Waals surface area contributed by atoms with Crippen molar-refractivity contribution in [1.29, 1.82) is 0 Å². The smallest absolute Gasteiger partial charge is 0.122 e. The van der Waals surface area contributed by atoms with Crippen molar-refractivity contribution in [2.45, 2.75) is 46.6 Å². The lowest BCUT2D eigenvalue weighted by molar-refractivity contribution is 0.302. The molecular weight excluding hydrogens is 258 g/mol. The molecule has 2 nitrogen and oxygen atoms in total. The average molecular weight is 284 g/mol. The van der Waals surface area contributed by atoms with E-state index >= 15 is 0 Å². The second-order valence-electron chi connectivity index (χ2n) is 6.16. The van der Waals surface area contributed by atoms with E-state index in [1.165, 1.54) is 5.56 Å². The zero-order chi connectivity index (χ0) is 14.5. The summed E-state index contributed by atoms with van der Waals surface area (Å²) in [6, 6.07) is 6.35. The molecule has 19 heavy (non-hydrogen) atoms. The molecule has 0 spiro atoms. The number of halogens is 1. The zero-order valence-electron chi connectivity index (χ0n) is 12.7. The quantitative estimate of drug-likeness (QED) is 0.805. The van der Waals surface area contributed by atoms with E-state index < -0.39 is 0 Å². The number of rotatable bonds is 7. The van der Waals surface area contributed by atoms with Crippen molar-refractivity contribution >= 4 is 11.6 Å². The van der Waals surface area contributed by atoms with Crippen molar-refractivity contribution in [3.8, 4) is 5.75 Å². The van der Waals surface area contributed by atoms with Gasteiger partial charge in [0.15, 0.2) is 0 Å². The van der Waals surface area contributed by atoms with Gasteiger partial charge < -0.3 is 10.1 Å². The predicted molar refractivity (Wildman–Crippen MR) is 83.2 cm³/mol. The van der Waals surface area contributed by atoms with Crippen LogP contribution in [0.3, 0.4) is 0 Å². The Hall–Kier alpha value is -0.730. The molecule has 0 saturated heterocycles. The van der Waals surface area contributed by atoms with E-state index in [0.29, 0.717) is 6.04 Å². The summed E-state index contributed by atoms with van der Waals surface area (Å²) in [4.78, 5) is 0. The fraction of sp³-hybridized carbons (Fsp3) is 0.625. The number of benzene rings is 1. The lowest BCUT2D eigenvalue weighted by atomic mass is 9.86. The first-order chi connectivity index (χ1) is 8.84. The van der Waals surface area contributed by atoms with Gasteiger partial charge >= 0.3 is 0 Å². The van der Waals surface area contributed by atoms with E-state index in [9.17, 15) is 0 Å². The molecule has 1 aromatic carbocycles. The molecular formula is C16H26ClNO. The third-order valence-corrected chi connectivity index (χ3v) is 3.54. The van der Waals surface area contributed by atoms with Gasteiger partial charge in [-0.25, -0.2) is 0 Å². The molecule has 0 radical (unpaired) electrons. The summed E-state index contributed by atoms with van der Waals surface area (Å²) in [7, 11) is 1.71. The Labute approximate surface area is 122 Å². The van der Waals surface area contributed by atoms with Crippen LogP contribution in [0.5, 0.6) is 5.75 Å². The van der Waals surface area contributed by atoms with Crippen molar-refractivity contribution < 1.29 is 4.74 Å². The van der Waals surface area contributed by atoms with Crippen molar-refractivity contribution in [3.63, 3.8) is 0 Å². The van der Waals surface area contributed by atoms with Gasteiger partial charge in [0.25, 0.3) is 0 Å². The molecule has 0 heterocycles. The topological polar surface area (TPSA) is 21.3 Å². The molecule has 1 aromatic rings. The maximum Gasteiger partial charge on any atom is 0.122 e. The zero-order valence-corrected chi connectivity index (χ0v) is 13.5. The van der Waals surface area contributed by atoms with E-state index in [2.05, 4.69) is 33.0 Å². The molecule has 0 saturated carbocycles. The molecule has 3 heteroatoms. The summed E-state index contributed by atoms with van der Waals surface area (Å²) >= 11 is 6.06. The molecule has 0 unspecified atom stereocenters. The molecule has 0 aliphatic carbocycles. The van der Waals surface area contributed by atoms with E-state index in [0.717, 1.165) is 30.2 Å². The number of ether oxygens (including phenoxy) is 1. The van der Waals surface area contributed by atoms with E-state index in [1.807, 2.05) is 18.2 Å². The van der Waals surface area contributed by atoms with Crippen LogP contribution in [-0.2, 0) is 6.42 Å². The molecule has 1 rings (SSSR count). The highest BCUT2D eigenvalue weighted by Gasteiger charge is 2.18. The number of nitrogens with one attached hydrogen (secondary N) is 1. The number of methoxy groups -OCH3 is 1. The molecule has 108 valence electrons. The highest BCUT2D eigenvalue weighted by Crippen LogP contribution is 2.28. The Morgan fingerprint density at radius 2 is 2.00 bits per heavy atom. The van der Waals surface area contributed by atoms with Crippen LogP contribution < -0.4 is 10.1 Å². The van der Waals surface area contributed by atoms with Gasteiger partial charge in [0, 0.05) is 17.6 Å². The highest BCUT2D eigenvalue weighted by molar-refractivity contribution is 6.30. The van der Waals surface area contributed by atoms with Crippen LogP contribution in [0.15, 0.2) is 18.2 Å². The fourth-order valence-electron chi connectivity index (χ4n) is 1.98. The Kier molecular flexibility index (Phi) is 6.15. The van der Waals surface area contributed by atoms with E-state index in [1.54, 1.807) is 7.11 Å². The molecule has 0 aliphatic rings. The van der Waals surface area contributed by atoms with Gasteiger partial charge in [0.2, 0.25) is 0 Å². The minimum atomic E-state index is 0.262. The standard InChI is InChI=1S/C16H26ClNO/c1-12(2)18-11-16(3,4)9-8-13-10-14(17)6-7-15(13)19-5/h6-7,10,12,18H,8-9,11H2,1-5H3. The first-order valence-corrected chi connectivity index (χ1v) is 7.27. The van der Waals surface area contributed by atoms with E-state index in [-0.39, 0.29) is 5.41 Å². The number of hydrogen-bond donors (Lipinski definition) is 1. The van der Waals surface area contributed by atoms with E-state index in [4.69, 9.17) is 16.3 Å². The Bertz CT molecular complexity index is 402. The molecule has 0 atom stereocenters. The third kappa shape index (κ3) is 5.84. The second-order valence-corrected chi connectivity index (χ2v) is 6.59. The van der Waals surface area contributed by atoms with Crippen LogP contribution in [-0.4, -0.2) is 19.7 Å². The van der Waals surface area contributed by atoms with Gasteiger partial charge in [-0.2, -0.15) is 0 Å². The Balaban J connectivity index is 2.62. The molecule has 0 aromatic heterocycles. The van der Waals surface area contributed by atoms with Crippen LogP contribution in [0, 0.1) is 5.41 Å². The maximum atomic E-state index is 6.06. The van der Waals surface area contributed by atoms with Crippen LogP contribution in [0.2, 0.25) is 5.02 Å². The summed E-state index contributed by atoms with van der Waals surface area (Å²) < 4.78 is 5.39. The van der Waals surface area contributed by atoms with Gasteiger partial charge in [0.1, 0.15) is 5.75 Å². The first-order valence-electron chi connectivity index (χ1n) is 6.90. The van der Waals surface area contributed by atoms with Gasteiger partial charge in [-0.15, -0.1) is 0 Å². The van der Waals surface area contributed by atoms with Crippen LogP contribution in [0.25, 0.3) is 0 Å². The molecule has 0 amide bonds. The van der Waals surface area contributed by atoms with Gasteiger partial charge in [-0.05, 0) is 42.0 Å². The predicted octanol–water partition coefficient (Wildman–Crippen LogP) is 4.31. The van der Waals surface area contributed by atoms with Gasteiger partial charge in [0.05, 0.1) is 7.11 Å². The SMILES string of the molecule is COc1ccc(Cl)cc1CCC(C)(C)CNC(C)C. The van der Waals surface area contributed by atoms with Crippen LogP contribution in [0.4, 0.5) is 0 Å². The highest BCUT2D eigenvalue weighted by atomic mass is 35.5. The van der Waals surface area contributed by atoms with Crippen molar-refractivity contribution in [2.75, 3.05) is 13.7 Å².